The quantitative estimate of drug-likeness (QED) is 0.646. The van der Waals surface area contributed by atoms with Gasteiger partial charge >= 0.3 is 5.76 Å². The molecule has 1 aromatic heterocycles. The average molecular weight is 221 g/mol. The number of primary amides is 1. The van der Waals surface area contributed by atoms with Crippen molar-refractivity contribution >= 4 is 17.0 Å². The van der Waals surface area contributed by atoms with Gasteiger partial charge in [-0.2, -0.15) is 0 Å². The minimum absolute atomic E-state index is 0.332. The molecule has 0 fully saturated rings. The fraction of sp³-hybridized carbons (Fsp3) is 0.200. The SMILES string of the molecule is NC(=O)C(N)Cc1ccc2oc(=O)[nH]c2c1. The molecule has 1 amide bonds. The van der Waals surface area contributed by atoms with Gasteiger partial charge in [0, 0.05) is 0 Å². The number of hydrogen-bond donors (Lipinski definition) is 3. The molecule has 1 heterocycles. The molecular weight excluding hydrogens is 210 g/mol. The van der Waals surface area contributed by atoms with Crippen LogP contribution < -0.4 is 17.2 Å². The van der Waals surface area contributed by atoms with Crippen molar-refractivity contribution in [2.75, 3.05) is 0 Å². The third-order valence-corrected chi connectivity index (χ3v) is 2.30. The maximum absolute atomic E-state index is 10.9. The van der Waals surface area contributed by atoms with E-state index in [-0.39, 0.29) is 0 Å². The minimum Gasteiger partial charge on any atom is -0.408 e. The number of nitrogens with two attached hydrogens (primary N) is 2. The average Bonchev–Trinajstić information content (AvgIpc) is 2.57. The number of benzene rings is 1. The Labute approximate surface area is 90.2 Å². The Balaban J connectivity index is 2.32. The number of aromatic nitrogens is 1. The highest BCUT2D eigenvalue weighted by molar-refractivity contribution is 5.80. The number of H-pyrrole nitrogens is 1. The highest BCUT2D eigenvalue weighted by atomic mass is 16.4. The lowest BCUT2D eigenvalue weighted by atomic mass is 10.1. The van der Waals surface area contributed by atoms with Gasteiger partial charge in [0.05, 0.1) is 11.6 Å². The van der Waals surface area contributed by atoms with Gasteiger partial charge in [0.25, 0.3) is 0 Å². The number of amides is 1. The number of nitrogens with one attached hydrogen (secondary N) is 1. The van der Waals surface area contributed by atoms with E-state index in [0.717, 1.165) is 5.56 Å². The largest absolute Gasteiger partial charge is 0.417 e. The Morgan fingerprint density at radius 1 is 1.50 bits per heavy atom. The maximum Gasteiger partial charge on any atom is 0.417 e. The topological polar surface area (TPSA) is 115 Å². The monoisotopic (exact) mass is 221 g/mol. The molecule has 2 aromatic rings. The number of carbonyl (C=O) groups excluding carboxylic acids is 1. The van der Waals surface area contributed by atoms with Crippen molar-refractivity contribution in [2.45, 2.75) is 12.5 Å². The molecule has 6 nitrogen and oxygen atoms in total. The second-order valence-electron chi connectivity index (χ2n) is 3.56. The summed E-state index contributed by atoms with van der Waals surface area (Å²) in [6.07, 6.45) is 0.332. The summed E-state index contributed by atoms with van der Waals surface area (Å²) in [7, 11) is 0. The zero-order valence-corrected chi connectivity index (χ0v) is 8.40. The van der Waals surface area contributed by atoms with Crippen LogP contribution in [0.5, 0.6) is 0 Å². The molecule has 5 N–H and O–H groups in total. The standard InChI is InChI=1S/C10H11N3O3/c11-6(9(12)14)3-5-1-2-8-7(4-5)13-10(15)16-8/h1-2,4,6H,3,11H2,(H2,12,14)(H,13,15). The van der Waals surface area contributed by atoms with Gasteiger partial charge in [0.15, 0.2) is 5.58 Å². The zero-order valence-electron chi connectivity index (χ0n) is 8.40. The molecule has 1 aromatic carbocycles. The van der Waals surface area contributed by atoms with Crippen LogP contribution in [-0.4, -0.2) is 16.9 Å². The van der Waals surface area contributed by atoms with E-state index in [4.69, 9.17) is 15.9 Å². The normalized spacial score (nSPS) is 12.8. The summed E-state index contributed by atoms with van der Waals surface area (Å²) in [4.78, 5) is 24.2. The van der Waals surface area contributed by atoms with Gasteiger partial charge in [-0.1, -0.05) is 6.07 Å². The lowest BCUT2D eigenvalue weighted by molar-refractivity contribution is -0.119. The third kappa shape index (κ3) is 1.96. The molecule has 2 rings (SSSR count). The van der Waals surface area contributed by atoms with Crippen LogP contribution in [0.2, 0.25) is 0 Å². The Hall–Kier alpha value is -2.08. The maximum atomic E-state index is 10.9. The number of fused-ring (bicyclic) bond motifs is 1. The highest BCUT2D eigenvalue weighted by Gasteiger charge is 2.11. The summed E-state index contributed by atoms with van der Waals surface area (Å²) in [5.74, 6) is -1.06. The van der Waals surface area contributed by atoms with Crippen LogP contribution in [0.25, 0.3) is 11.1 Å². The summed E-state index contributed by atoms with van der Waals surface area (Å²) in [6, 6.07) is 4.37. The van der Waals surface area contributed by atoms with E-state index in [1.807, 2.05) is 0 Å². The van der Waals surface area contributed by atoms with Gasteiger partial charge in [0.2, 0.25) is 5.91 Å². The third-order valence-electron chi connectivity index (χ3n) is 2.30. The Kier molecular flexibility index (Phi) is 2.49. The molecule has 0 saturated carbocycles. The molecule has 6 heteroatoms. The zero-order chi connectivity index (χ0) is 11.7. The Bertz CT molecular complexity index is 584. The second kappa shape index (κ2) is 3.82. The first-order valence-electron chi connectivity index (χ1n) is 4.73. The van der Waals surface area contributed by atoms with E-state index in [1.54, 1.807) is 18.2 Å². The van der Waals surface area contributed by atoms with E-state index in [9.17, 15) is 9.59 Å². The van der Waals surface area contributed by atoms with Gasteiger partial charge in [-0.3, -0.25) is 9.78 Å². The Morgan fingerprint density at radius 3 is 2.94 bits per heavy atom. The number of rotatable bonds is 3. The van der Waals surface area contributed by atoms with Crippen LogP contribution in [-0.2, 0) is 11.2 Å². The first kappa shape index (κ1) is 10.4. The summed E-state index contributed by atoms with van der Waals surface area (Å²) in [5, 5.41) is 0. The molecule has 16 heavy (non-hydrogen) atoms. The summed E-state index contributed by atoms with van der Waals surface area (Å²) in [5.41, 5.74) is 12.5. The fourth-order valence-corrected chi connectivity index (χ4v) is 1.48. The van der Waals surface area contributed by atoms with E-state index in [0.29, 0.717) is 17.5 Å². The highest BCUT2D eigenvalue weighted by Crippen LogP contribution is 2.13. The number of aromatic amines is 1. The van der Waals surface area contributed by atoms with Crippen LogP contribution in [0.1, 0.15) is 5.56 Å². The predicted octanol–water partition coefficient (Wildman–Crippen LogP) is -0.524. The van der Waals surface area contributed by atoms with Crippen molar-refractivity contribution in [2.24, 2.45) is 11.5 Å². The molecule has 1 unspecified atom stereocenters. The van der Waals surface area contributed by atoms with Crippen molar-refractivity contribution in [3.63, 3.8) is 0 Å². The molecular formula is C10H11N3O3. The summed E-state index contributed by atoms with van der Waals surface area (Å²) >= 11 is 0. The van der Waals surface area contributed by atoms with E-state index < -0.39 is 17.7 Å². The molecule has 0 bridgehead atoms. The Morgan fingerprint density at radius 2 is 2.25 bits per heavy atom. The molecule has 0 aliphatic rings. The van der Waals surface area contributed by atoms with Crippen LogP contribution in [0, 0.1) is 0 Å². The molecule has 1 atom stereocenters. The molecule has 0 saturated heterocycles. The number of hydrogen-bond acceptors (Lipinski definition) is 4. The number of oxazole rings is 1. The fourth-order valence-electron chi connectivity index (χ4n) is 1.48. The van der Waals surface area contributed by atoms with Crippen LogP contribution >= 0.6 is 0 Å². The van der Waals surface area contributed by atoms with Gasteiger partial charge in [-0.25, -0.2) is 4.79 Å². The number of carbonyl (C=O) groups is 1. The molecule has 84 valence electrons. The van der Waals surface area contributed by atoms with E-state index in [1.165, 1.54) is 0 Å². The van der Waals surface area contributed by atoms with E-state index >= 15 is 0 Å². The molecule has 0 spiro atoms. The molecule has 0 aliphatic carbocycles. The first-order chi connectivity index (χ1) is 7.56. The van der Waals surface area contributed by atoms with Crippen molar-refractivity contribution in [1.82, 2.24) is 4.98 Å². The van der Waals surface area contributed by atoms with E-state index in [2.05, 4.69) is 4.98 Å². The van der Waals surface area contributed by atoms with Gasteiger partial charge < -0.3 is 15.9 Å². The van der Waals surface area contributed by atoms with Gasteiger partial charge in [0.1, 0.15) is 0 Å². The molecule has 0 aliphatic heterocycles. The van der Waals surface area contributed by atoms with Crippen molar-refractivity contribution in [3.05, 3.63) is 34.3 Å². The second-order valence-corrected chi connectivity index (χ2v) is 3.56. The predicted molar refractivity (Wildman–Crippen MR) is 57.7 cm³/mol. The van der Waals surface area contributed by atoms with Crippen LogP contribution in [0.4, 0.5) is 0 Å². The van der Waals surface area contributed by atoms with Crippen LogP contribution in [0.3, 0.4) is 0 Å². The summed E-state index contributed by atoms with van der Waals surface area (Å²) in [6.45, 7) is 0. The van der Waals surface area contributed by atoms with Crippen molar-refractivity contribution in [1.29, 1.82) is 0 Å². The minimum atomic E-state index is -0.726. The van der Waals surface area contributed by atoms with Gasteiger partial charge in [-0.05, 0) is 24.1 Å². The van der Waals surface area contributed by atoms with Crippen LogP contribution in [0.15, 0.2) is 27.4 Å². The molecule has 0 radical (unpaired) electrons. The van der Waals surface area contributed by atoms with Gasteiger partial charge in [-0.15, -0.1) is 0 Å². The van der Waals surface area contributed by atoms with Crippen molar-refractivity contribution < 1.29 is 9.21 Å². The smallest absolute Gasteiger partial charge is 0.408 e. The summed E-state index contributed by atoms with van der Waals surface area (Å²) < 4.78 is 4.84. The first-order valence-corrected chi connectivity index (χ1v) is 4.73. The lowest BCUT2D eigenvalue weighted by Gasteiger charge is -2.06. The van der Waals surface area contributed by atoms with Crippen molar-refractivity contribution in [3.8, 4) is 0 Å². The lowest BCUT2D eigenvalue weighted by Crippen LogP contribution is -2.38.